The molecule has 0 unspecified atom stereocenters. The number of methoxy groups -OCH3 is 1. The largest absolute Gasteiger partial charge is 0.493 e. The van der Waals surface area contributed by atoms with E-state index in [1.54, 1.807) is 37.6 Å². The number of amides is 1. The Morgan fingerprint density at radius 2 is 2.00 bits per heavy atom. The number of rotatable bonds is 9. The molecule has 5 nitrogen and oxygen atoms in total. The summed E-state index contributed by atoms with van der Waals surface area (Å²) in [4.78, 5) is 12.6. The van der Waals surface area contributed by atoms with Crippen LogP contribution >= 0.6 is 35.1 Å². The summed E-state index contributed by atoms with van der Waals surface area (Å²) in [5.74, 6) is 3.29. The zero-order chi connectivity index (χ0) is 21.2. The lowest BCUT2D eigenvalue weighted by Gasteiger charge is -2.12. The summed E-state index contributed by atoms with van der Waals surface area (Å²) in [5.41, 5.74) is 1.86. The number of carbonyl (C=O) groups excluding carboxylic acids is 1. The molecular weight excluding hydrogens is 431 g/mol. The average molecular weight is 451 g/mol. The van der Waals surface area contributed by atoms with Gasteiger partial charge in [0.2, 0.25) is 0 Å². The van der Waals surface area contributed by atoms with E-state index in [-0.39, 0.29) is 18.2 Å². The van der Waals surface area contributed by atoms with Crippen LogP contribution in [0.3, 0.4) is 0 Å². The minimum atomic E-state index is -0.293. The van der Waals surface area contributed by atoms with Gasteiger partial charge in [-0.15, -0.1) is 6.42 Å². The molecule has 0 aliphatic heterocycles. The number of hydrogen-bond acceptors (Lipinski definition) is 5. The first-order chi connectivity index (χ1) is 14.0. The van der Waals surface area contributed by atoms with E-state index in [1.165, 1.54) is 11.9 Å². The van der Waals surface area contributed by atoms with Crippen molar-refractivity contribution in [2.75, 3.05) is 26.5 Å². The van der Waals surface area contributed by atoms with E-state index in [0.29, 0.717) is 40.1 Å². The van der Waals surface area contributed by atoms with Gasteiger partial charge in [-0.05, 0) is 48.2 Å². The van der Waals surface area contributed by atoms with E-state index < -0.39 is 0 Å². The lowest BCUT2D eigenvalue weighted by molar-refractivity contribution is -0.114. The SMILES string of the molecule is C#CCOc1ccc(CCNC(=O)/C(=N\SC)c2ccc(Cl)c(Cl)c2)cc1OC. The highest BCUT2D eigenvalue weighted by molar-refractivity contribution is 7.97. The first-order valence-electron chi connectivity index (χ1n) is 8.58. The first-order valence-corrected chi connectivity index (χ1v) is 10.5. The predicted octanol–water partition coefficient (Wildman–Crippen LogP) is 4.44. The summed E-state index contributed by atoms with van der Waals surface area (Å²) >= 11 is 13.2. The third-order valence-electron chi connectivity index (χ3n) is 3.83. The summed E-state index contributed by atoms with van der Waals surface area (Å²) in [6.07, 6.45) is 7.60. The zero-order valence-electron chi connectivity index (χ0n) is 16.0. The number of halogens is 2. The topological polar surface area (TPSA) is 59.9 Å². The Hall–Kier alpha value is -2.33. The summed E-state index contributed by atoms with van der Waals surface area (Å²) in [5, 5.41) is 3.66. The van der Waals surface area contributed by atoms with Gasteiger partial charge in [-0.1, -0.05) is 41.3 Å². The Kier molecular flexibility index (Phi) is 9.20. The zero-order valence-corrected chi connectivity index (χ0v) is 18.3. The Morgan fingerprint density at radius 1 is 1.21 bits per heavy atom. The molecule has 0 saturated carbocycles. The standard InChI is InChI=1S/C21H20Cl2N2O3S/c1-4-11-28-18-8-5-14(12-19(18)27-2)9-10-24-21(26)20(25-29-3)15-6-7-16(22)17(23)13-15/h1,5-8,12-13H,9-11H2,2-3H3,(H,24,26)/b25-20-. The van der Waals surface area contributed by atoms with Gasteiger partial charge in [0.15, 0.2) is 11.5 Å². The maximum Gasteiger partial charge on any atom is 0.271 e. The quantitative estimate of drug-likeness (QED) is 0.348. The van der Waals surface area contributed by atoms with Crippen LogP contribution in [0, 0.1) is 12.3 Å². The molecule has 0 heterocycles. The summed E-state index contributed by atoms with van der Waals surface area (Å²) in [6.45, 7) is 0.583. The van der Waals surface area contributed by atoms with E-state index in [2.05, 4.69) is 15.6 Å². The molecule has 0 aromatic heterocycles. The second-order valence-corrected chi connectivity index (χ2v) is 7.10. The van der Waals surface area contributed by atoms with Crippen LogP contribution in [0.15, 0.2) is 40.8 Å². The van der Waals surface area contributed by atoms with Crippen LogP contribution in [0.4, 0.5) is 0 Å². The maximum absolute atomic E-state index is 12.6. The van der Waals surface area contributed by atoms with E-state index in [9.17, 15) is 4.79 Å². The van der Waals surface area contributed by atoms with Gasteiger partial charge in [-0.3, -0.25) is 4.79 Å². The number of benzene rings is 2. The van der Waals surface area contributed by atoms with Gasteiger partial charge in [0, 0.05) is 18.4 Å². The maximum atomic E-state index is 12.6. The van der Waals surface area contributed by atoms with Crippen molar-refractivity contribution in [3.05, 3.63) is 57.6 Å². The highest BCUT2D eigenvalue weighted by Gasteiger charge is 2.15. The van der Waals surface area contributed by atoms with Crippen molar-refractivity contribution in [3.8, 4) is 23.8 Å². The van der Waals surface area contributed by atoms with Crippen molar-refractivity contribution in [2.45, 2.75) is 6.42 Å². The molecule has 0 bridgehead atoms. The molecule has 0 spiro atoms. The molecule has 29 heavy (non-hydrogen) atoms. The monoisotopic (exact) mass is 450 g/mol. The molecule has 0 aliphatic carbocycles. The molecule has 0 radical (unpaired) electrons. The van der Waals surface area contributed by atoms with Crippen LogP contribution in [0.25, 0.3) is 0 Å². The first kappa shape index (κ1) is 23.0. The lowest BCUT2D eigenvalue weighted by atomic mass is 10.1. The number of terminal acetylenes is 1. The van der Waals surface area contributed by atoms with Crippen molar-refractivity contribution in [2.24, 2.45) is 4.40 Å². The molecule has 1 amide bonds. The van der Waals surface area contributed by atoms with Crippen LogP contribution in [-0.2, 0) is 11.2 Å². The minimum Gasteiger partial charge on any atom is -0.493 e. The van der Waals surface area contributed by atoms with E-state index in [4.69, 9.17) is 39.1 Å². The molecule has 2 aromatic carbocycles. The van der Waals surface area contributed by atoms with E-state index in [1.807, 2.05) is 12.1 Å². The average Bonchev–Trinajstić information content (AvgIpc) is 2.72. The Balaban J connectivity index is 2.02. The van der Waals surface area contributed by atoms with Gasteiger partial charge < -0.3 is 14.8 Å². The number of ether oxygens (including phenoxy) is 2. The normalized spacial score (nSPS) is 10.9. The van der Waals surface area contributed by atoms with Crippen molar-refractivity contribution >= 4 is 46.8 Å². The molecule has 1 N–H and O–H groups in total. The summed E-state index contributed by atoms with van der Waals surface area (Å²) < 4.78 is 15.0. The fraction of sp³-hybridized carbons (Fsp3) is 0.238. The lowest BCUT2D eigenvalue weighted by Crippen LogP contribution is -2.33. The van der Waals surface area contributed by atoms with Gasteiger partial charge in [-0.2, -0.15) is 0 Å². The smallest absolute Gasteiger partial charge is 0.271 e. The molecule has 8 heteroatoms. The molecule has 0 aliphatic rings. The van der Waals surface area contributed by atoms with E-state index >= 15 is 0 Å². The van der Waals surface area contributed by atoms with Crippen LogP contribution < -0.4 is 14.8 Å². The Labute approximate surface area is 184 Å². The summed E-state index contributed by atoms with van der Waals surface area (Å²) in [7, 11) is 1.56. The van der Waals surface area contributed by atoms with Crippen LogP contribution in [0.2, 0.25) is 10.0 Å². The third-order valence-corrected chi connectivity index (χ3v) is 4.93. The number of nitrogens with zero attached hydrogens (tertiary/aromatic N) is 1. The van der Waals surface area contributed by atoms with Crippen molar-refractivity contribution in [1.29, 1.82) is 0 Å². The van der Waals surface area contributed by atoms with Gasteiger partial charge in [0.1, 0.15) is 12.3 Å². The third kappa shape index (κ3) is 6.60. The van der Waals surface area contributed by atoms with Crippen LogP contribution in [-0.4, -0.2) is 38.1 Å². The predicted molar refractivity (Wildman–Crippen MR) is 121 cm³/mol. The van der Waals surface area contributed by atoms with Crippen molar-refractivity contribution in [1.82, 2.24) is 5.32 Å². The molecule has 2 rings (SSSR count). The molecule has 152 valence electrons. The van der Waals surface area contributed by atoms with Crippen molar-refractivity contribution < 1.29 is 14.3 Å². The minimum absolute atomic E-state index is 0.165. The van der Waals surface area contributed by atoms with E-state index in [0.717, 1.165) is 5.56 Å². The fourth-order valence-electron chi connectivity index (χ4n) is 2.47. The Morgan fingerprint density at radius 3 is 2.66 bits per heavy atom. The molecular formula is C21H20Cl2N2O3S. The highest BCUT2D eigenvalue weighted by atomic mass is 35.5. The number of nitrogens with one attached hydrogen (secondary N) is 1. The van der Waals surface area contributed by atoms with Crippen LogP contribution in [0.5, 0.6) is 11.5 Å². The molecule has 0 fully saturated rings. The number of carbonyl (C=O) groups is 1. The van der Waals surface area contributed by atoms with Gasteiger partial charge in [0.25, 0.3) is 5.91 Å². The van der Waals surface area contributed by atoms with Gasteiger partial charge >= 0.3 is 0 Å². The second kappa shape index (κ2) is 11.6. The number of hydrogen-bond donors (Lipinski definition) is 1. The molecule has 0 saturated heterocycles. The fourth-order valence-corrected chi connectivity index (χ4v) is 3.14. The van der Waals surface area contributed by atoms with Crippen LogP contribution in [0.1, 0.15) is 11.1 Å². The Bertz CT molecular complexity index is 942. The second-order valence-electron chi connectivity index (χ2n) is 5.74. The van der Waals surface area contributed by atoms with Gasteiger partial charge in [-0.25, -0.2) is 4.40 Å². The van der Waals surface area contributed by atoms with Crippen molar-refractivity contribution in [3.63, 3.8) is 0 Å². The molecule has 0 atom stereocenters. The highest BCUT2D eigenvalue weighted by Crippen LogP contribution is 2.28. The molecule has 2 aromatic rings. The summed E-state index contributed by atoms with van der Waals surface area (Å²) in [6, 6.07) is 10.5. The van der Waals surface area contributed by atoms with Gasteiger partial charge in [0.05, 0.1) is 17.2 Å².